The van der Waals surface area contributed by atoms with E-state index in [1.165, 1.54) is 12.1 Å². The van der Waals surface area contributed by atoms with Crippen LogP contribution >= 0.6 is 0 Å². The minimum Gasteiger partial charge on any atom is -0.477 e. The quantitative estimate of drug-likeness (QED) is 0.777. The van der Waals surface area contributed by atoms with Gasteiger partial charge < -0.3 is 9.84 Å². The number of hydrogen-bond donors (Lipinski definition) is 1. The van der Waals surface area contributed by atoms with Gasteiger partial charge in [-0.25, -0.2) is 14.2 Å². The molecule has 0 radical (unpaired) electrons. The molecule has 0 saturated carbocycles. The summed E-state index contributed by atoms with van der Waals surface area (Å²) in [6.45, 7) is 0. The van der Waals surface area contributed by atoms with Crippen molar-refractivity contribution in [3.8, 4) is 22.8 Å². The Kier molecular flexibility index (Phi) is 4.01. The van der Waals surface area contributed by atoms with Gasteiger partial charge in [0.25, 0.3) is 0 Å². The standard InChI is InChI=1S/C18H12FNO3/c19-14-4-1-2-7-17(14)23-13-10-8-12(9-11-13)15-5-3-6-16(20-15)18(21)22/h1-11H,(H,21,22). The molecule has 3 rings (SSSR count). The van der Waals surface area contributed by atoms with Gasteiger partial charge in [0.2, 0.25) is 0 Å². The number of pyridine rings is 1. The third-order valence-electron chi connectivity index (χ3n) is 3.18. The average molecular weight is 309 g/mol. The Morgan fingerprint density at radius 1 is 0.957 bits per heavy atom. The fraction of sp³-hybridized carbons (Fsp3) is 0. The minimum atomic E-state index is -1.08. The molecule has 0 fully saturated rings. The smallest absolute Gasteiger partial charge is 0.354 e. The second-order valence-corrected chi connectivity index (χ2v) is 4.77. The second kappa shape index (κ2) is 6.27. The topological polar surface area (TPSA) is 59.4 Å². The number of carboxylic acid groups (broad SMARTS) is 1. The summed E-state index contributed by atoms with van der Waals surface area (Å²) in [5.41, 5.74) is 1.27. The molecule has 23 heavy (non-hydrogen) atoms. The Morgan fingerprint density at radius 3 is 2.39 bits per heavy atom. The van der Waals surface area contributed by atoms with E-state index < -0.39 is 11.8 Å². The molecule has 0 aliphatic rings. The lowest BCUT2D eigenvalue weighted by molar-refractivity contribution is 0.0690. The van der Waals surface area contributed by atoms with Crippen LogP contribution in [-0.4, -0.2) is 16.1 Å². The van der Waals surface area contributed by atoms with Crippen LogP contribution in [0.3, 0.4) is 0 Å². The Morgan fingerprint density at radius 2 is 1.70 bits per heavy atom. The Labute approximate surface area is 131 Å². The molecule has 114 valence electrons. The first-order chi connectivity index (χ1) is 11.1. The number of halogens is 1. The first-order valence-corrected chi connectivity index (χ1v) is 6.86. The van der Waals surface area contributed by atoms with E-state index in [-0.39, 0.29) is 11.4 Å². The number of nitrogens with zero attached hydrogens (tertiary/aromatic N) is 1. The molecule has 0 amide bonds. The summed E-state index contributed by atoms with van der Waals surface area (Å²) in [6, 6.07) is 17.8. The van der Waals surface area contributed by atoms with Gasteiger partial charge in [0.05, 0.1) is 5.69 Å². The van der Waals surface area contributed by atoms with E-state index >= 15 is 0 Å². The predicted octanol–water partition coefficient (Wildman–Crippen LogP) is 4.38. The Hall–Kier alpha value is -3.21. The van der Waals surface area contributed by atoms with Crippen molar-refractivity contribution in [3.05, 3.63) is 78.2 Å². The van der Waals surface area contributed by atoms with Crippen molar-refractivity contribution in [2.75, 3.05) is 0 Å². The molecule has 1 aromatic heterocycles. The lowest BCUT2D eigenvalue weighted by Gasteiger charge is -2.07. The van der Waals surface area contributed by atoms with Gasteiger partial charge >= 0.3 is 5.97 Å². The molecule has 0 aliphatic carbocycles. The number of ether oxygens (including phenoxy) is 1. The summed E-state index contributed by atoms with van der Waals surface area (Å²) in [6.07, 6.45) is 0. The van der Waals surface area contributed by atoms with Gasteiger partial charge in [0.1, 0.15) is 11.4 Å². The van der Waals surface area contributed by atoms with E-state index in [2.05, 4.69) is 4.98 Å². The summed E-state index contributed by atoms with van der Waals surface area (Å²) in [5, 5.41) is 8.97. The molecule has 0 atom stereocenters. The number of aromatic carboxylic acids is 1. The molecule has 4 nitrogen and oxygen atoms in total. The van der Waals surface area contributed by atoms with Crippen LogP contribution < -0.4 is 4.74 Å². The molecule has 0 unspecified atom stereocenters. The number of rotatable bonds is 4. The monoisotopic (exact) mass is 309 g/mol. The van der Waals surface area contributed by atoms with Crippen molar-refractivity contribution in [3.63, 3.8) is 0 Å². The van der Waals surface area contributed by atoms with Crippen LogP contribution in [0.2, 0.25) is 0 Å². The molecule has 1 heterocycles. The van der Waals surface area contributed by atoms with Crippen molar-refractivity contribution in [2.45, 2.75) is 0 Å². The highest BCUT2D eigenvalue weighted by Gasteiger charge is 2.08. The van der Waals surface area contributed by atoms with Crippen molar-refractivity contribution >= 4 is 5.97 Å². The normalized spacial score (nSPS) is 10.3. The van der Waals surface area contributed by atoms with Crippen molar-refractivity contribution in [1.29, 1.82) is 0 Å². The van der Waals surface area contributed by atoms with E-state index in [9.17, 15) is 9.18 Å². The number of aromatic nitrogens is 1. The van der Waals surface area contributed by atoms with Gasteiger partial charge in [-0.3, -0.25) is 0 Å². The Bertz CT molecular complexity index is 847. The average Bonchev–Trinajstić information content (AvgIpc) is 2.58. The zero-order chi connectivity index (χ0) is 16.2. The summed E-state index contributed by atoms with van der Waals surface area (Å²) in [5.74, 6) is -0.891. The molecule has 1 N–H and O–H groups in total. The molecule has 5 heteroatoms. The third-order valence-corrected chi connectivity index (χ3v) is 3.18. The summed E-state index contributed by atoms with van der Waals surface area (Å²) >= 11 is 0. The van der Waals surface area contributed by atoms with E-state index in [1.54, 1.807) is 54.6 Å². The highest BCUT2D eigenvalue weighted by Crippen LogP contribution is 2.26. The van der Waals surface area contributed by atoms with E-state index in [0.717, 1.165) is 5.56 Å². The molecule has 3 aromatic rings. The molecule has 0 saturated heterocycles. The first kappa shape index (κ1) is 14.7. The third kappa shape index (κ3) is 3.35. The second-order valence-electron chi connectivity index (χ2n) is 4.77. The molecule has 0 bridgehead atoms. The van der Waals surface area contributed by atoms with Gasteiger partial charge in [0.15, 0.2) is 11.6 Å². The predicted molar refractivity (Wildman–Crippen MR) is 83.1 cm³/mol. The van der Waals surface area contributed by atoms with E-state index in [4.69, 9.17) is 9.84 Å². The van der Waals surface area contributed by atoms with Crippen molar-refractivity contribution in [1.82, 2.24) is 4.98 Å². The maximum Gasteiger partial charge on any atom is 0.354 e. The lowest BCUT2D eigenvalue weighted by Crippen LogP contribution is -2.00. The molecule has 0 aliphatic heterocycles. The maximum atomic E-state index is 13.5. The van der Waals surface area contributed by atoms with Crippen molar-refractivity contribution in [2.24, 2.45) is 0 Å². The fourth-order valence-corrected chi connectivity index (χ4v) is 2.06. The van der Waals surface area contributed by atoms with Gasteiger partial charge in [0, 0.05) is 5.56 Å². The zero-order valence-corrected chi connectivity index (χ0v) is 11.9. The lowest BCUT2D eigenvalue weighted by atomic mass is 10.1. The maximum absolute atomic E-state index is 13.5. The van der Waals surface area contributed by atoms with Crippen LogP contribution in [0.25, 0.3) is 11.3 Å². The number of carbonyl (C=O) groups is 1. The van der Waals surface area contributed by atoms with Crippen LogP contribution in [0, 0.1) is 5.82 Å². The van der Waals surface area contributed by atoms with Crippen LogP contribution in [0.5, 0.6) is 11.5 Å². The van der Waals surface area contributed by atoms with Crippen LogP contribution in [-0.2, 0) is 0 Å². The van der Waals surface area contributed by atoms with E-state index in [1.807, 2.05) is 0 Å². The molecular weight excluding hydrogens is 297 g/mol. The summed E-state index contributed by atoms with van der Waals surface area (Å²) < 4.78 is 19.0. The number of benzene rings is 2. The minimum absolute atomic E-state index is 0.0193. The molecule has 2 aromatic carbocycles. The zero-order valence-electron chi connectivity index (χ0n) is 11.9. The van der Waals surface area contributed by atoms with Gasteiger partial charge in [-0.05, 0) is 48.5 Å². The van der Waals surface area contributed by atoms with Crippen LogP contribution in [0.4, 0.5) is 4.39 Å². The molecular formula is C18H12FNO3. The number of para-hydroxylation sites is 1. The van der Waals surface area contributed by atoms with Gasteiger partial charge in [-0.15, -0.1) is 0 Å². The van der Waals surface area contributed by atoms with Gasteiger partial charge in [-0.2, -0.15) is 0 Å². The number of hydrogen-bond acceptors (Lipinski definition) is 3. The van der Waals surface area contributed by atoms with E-state index in [0.29, 0.717) is 11.4 Å². The summed E-state index contributed by atoms with van der Waals surface area (Å²) in [7, 11) is 0. The largest absolute Gasteiger partial charge is 0.477 e. The highest BCUT2D eigenvalue weighted by molar-refractivity contribution is 5.86. The molecule has 0 spiro atoms. The fourth-order valence-electron chi connectivity index (χ4n) is 2.06. The highest BCUT2D eigenvalue weighted by atomic mass is 19.1. The number of carboxylic acids is 1. The summed E-state index contributed by atoms with van der Waals surface area (Å²) in [4.78, 5) is 15.0. The van der Waals surface area contributed by atoms with Crippen LogP contribution in [0.1, 0.15) is 10.5 Å². The van der Waals surface area contributed by atoms with Crippen LogP contribution in [0.15, 0.2) is 66.7 Å². The Balaban J connectivity index is 1.84. The van der Waals surface area contributed by atoms with Gasteiger partial charge in [-0.1, -0.05) is 18.2 Å². The van der Waals surface area contributed by atoms with Crippen molar-refractivity contribution < 1.29 is 19.0 Å². The SMILES string of the molecule is O=C(O)c1cccc(-c2ccc(Oc3ccccc3F)cc2)n1. The first-order valence-electron chi connectivity index (χ1n) is 6.86.